The molecule has 1 saturated heterocycles. The van der Waals surface area contributed by atoms with Gasteiger partial charge in [-0.2, -0.15) is 0 Å². The number of rotatable bonds is 4. The zero-order valence-electron chi connectivity index (χ0n) is 15.3. The number of carbonyl (C=O) groups excluding carboxylic acids is 1. The highest BCUT2D eigenvalue weighted by atomic mass is 19.1. The molecular formula is C23H21FN2O2. The molecule has 1 amide bonds. The average molecular weight is 376 g/mol. The molecule has 2 atom stereocenters. The van der Waals surface area contributed by atoms with E-state index in [1.54, 1.807) is 29.3 Å². The second-order valence-electron chi connectivity index (χ2n) is 7.15. The number of aliphatic hydroxyl groups excluding tert-OH is 1. The molecule has 1 N–H and O–H groups in total. The van der Waals surface area contributed by atoms with Crippen molar-refractivity contribution in [3.05, 3.63) is 90.0 Å². The molecule has 0 radical (unpaired) electrons. The molecule has 2 aromatic carbocycles. The smallest absolute Gasteiger partial charge is 0.253 e. The third-order valence-electron chi connectivity index (χ3n) is 5.18. The van der Waals surface area contributed by atoms with E-state index in [1.165, 1.54) is 12.1 Å². The number of aliphatic hydroxyl groups is 1. The van der Waals surface area contributed by atoms with Gasteiger partial charge < -0.3 is 10.0 Å². The zero-order valence-corrected chi connectivity index (χ0v) is 15.3. The van der Waals surface area contributed by atoms with Crippen molar-refractivity contribution in [1.29, 1.82) is 0 Å². The van der Waals surface area contributed by atoms with Crippen LogP contribution in [0.3, 0.4) is 0 Å². The van der Waals surface area contributed by atoms with Crippen LogP contribution in [0.2, 0.25) is 0 Å². The lowest BCUT2D eigenvalue weighted by Crippen LogP contribution is -2.29. The molecule has 3 aromatic rings. The predicted octanol–water partition coefficient (Wildman–Crippen LogP) is 3.56. The van der Waals surface area contributed by atoms with Gasteiger partial charge in [0.15, 0.2) is 0 Å². The molecule has 28 heavy (non-hydrogen) atoms. The van der Waals surface area contributed by atoms with Crippen LogP contribution in [-0.2, 0) is 6.42 Å². The van der Waals surface area contributed by atoms with Gasteiger partial charge in [0.2, 0.25) is 0 Å². The fourth-order valence-corrected chi connectivity index (χ4v) is 3.66. The SMILES string of the molecule is O=C(c1ccc(-c2cccc(F)c2)cc1)N1C[C@@H](Cc2ccccn2)[C@H](O)C1. The summed E-state index contributed by atoms with van der Waals surface area (Å²) in [5.41, 5.74) is 3.10. The predicted molar refractivity (Wildman–Crippen MR) is 105 cm³/mol. The van der Waals surface area contributed by atoms with E-state index in [9.17, 15) is 14.3 Å². The number of carbonyl (C=O) groups is 1. The zero-order chi connectivity index (χ0) is 19.5. The van der Waals surface area contributed by atoms with Gasteiger partial charge in [0.1, 0.15) is 5.82 Å². The number of hydrogen-bond donors (Lipinski definition) is 1. The molecule has 1 fully saturated rings. The lowest BCUT2D eigenvalue weighted by atomic mass is 10.00. The second-order valence-corrected chi connectivity index (χ2v) is 7.15. The van der Waals surface area contributed by atoms with Crippen molar-refractivity contribution in [1.82, 2.24) is 9.88 Å². The van der Waals surface area contributed by atoms with Crippen LogP contribution in [0.25, 0.3) is 11.1 Å². The molecule has 2 heterocycles. The number of β-amino-alcohol motifs (C(OH)–C–C–N with tert-alkyl or cyclic N) is 1. The molecule has 1 aliphatic rings. The van der Waals surface area contributed by atoms with Crippen molar-refractivity contribution < 1.29 is 14.3 Å². The van der Waals surface area contributed by atoms with Crippen LogP contribution in [0.1, 0.15) is 16.1 Å². The van der Waals surface area contributed by atoms with Gasteiger partial charge in [-0.3, -0.25) is 9.78 Å². The van der Waals surface area contributed by atoms with Crippen LogP contribution in [0.4, 0.5) is 4.39 Å². The topological polar surface area (TPSA) is 53.4 Å². The first-order valence-electron chi connectivity index (χ1n) is 9.33. The lowest BCUT2D eigenvalue weighted by Gasteiger charge is -2.16. The van der Waals surface area contributed by atoms with Crippen molar-refractivity contribution in [3.8, 4) is 11.1 Å². The number of nitrogens with zero attached hydrogens (tertiary/aromatic N) is 2. The molecular weight excluding hydrogens is 355 g/mol. The first-order chi connectivity index (χ1) is 13.6. The standard InChI is InChI=1S/C23H21FN2O2/c24-20-5-3-4-18(12-20)16-7-9-17(10-8-16)23(28)26-14-19(22(27)15-26)13-21-6-1-2-11-25-21/h1-12,19,22,27H,13-15H2/t19-,22-/m1/s1. The van der Waals surface area contributed by atoms with Crippen molar-refractivity contribution in [2.24, 2.45) is 5.92 Å². The summed E-state index contributed by atoms with van der Waals surface area (Å²) in [5, 5.41) is 10.4. The van der Waals surface area contributed by atoms with E-state index in [-0.39, 0.29) is 17.6 Å². The van der Waals surface area contributed by atoms with Crippen molar-refractivity contribution in [2.45, 2.75) is 12.5 Å². The minimum atomic E-state index is -0.558. The van der Waals surface area contributed by atoms with Gasteiger partial charge >= 0.3 is 0 Å². The maximum absolute atomic E-state index is 13.4. The summed E-state index contributed by atoms with van der Waals surface area (Å²) in [6.07, 6.45) is 1.82. The Morgan fingerprint density at radius 2 is 1.86 bits per heavy atom. The van der Waals surface area contributed by atoms with Crippen LogP contribution in [-0.4, -0.2) is 40.1 Å². The van der Waals surface area contributed by atoms with Gasteiger partial charge in [-0.1, -0.05) is 30.3 Å². The first-order valence-corrected chi connectivity index (χ1v) is 9.33. The third-order valence-corrected chi connectivity index (χ3v) is 5.18. The quantitative estimate of drug-likeness (QED) is 0.757. The number of hydrogen-bond acceptors (Lipinski definition) is 3. The molecule has 0 aliphatic carbocycles. The number of amides is 1. The van der Waals surface area contributed by atoms with Crippen LogP contribution < -0.4 is 0 Å². The van der Waals surface area contributed by atoms with E-state index >= 15 is 0 Å². The summed E-state index contributed by atoms with van der Waals surface area (Å²) >= 11 is 0. The molecule has 1 aliphatic heterocycles. The normalized spacial score (nSPS) is 19.0. The van der Waals surface area contributed by atoms with E-state index in [0.29, 0.717) is 25.1 Å². The Morgan fingerprint density at radius 1 is 1.04 bits per heavy atom. The van der Waals surface area contributed by atoms with Crippen LogP contribution >= 0.6 is 0 Å². The van der Waals surface area contributed by atoms with E-state index in [1.807, 2.05) is 36.4 Å². The molecule has 0 saturated carbocycles. The van der Waals surface area contributed by atoms with Gasteiger partial charge in [-0.15, -0.1) is 0 Å². The maximum atomic E-state index is 13.4. The summed E-state index contributed by atoms with van der Waals surface area (Å²) in [6, 6.07) is 19.2. The van der Waals surface area contributed by atoms with E-state index < -0.39 is 6.10 Å². The van der Waals surface area contributed by atoms with Gasteiger partial charge in [0, 0.05) is 36.5 Å². The van der Waals surface area contributed by atoms with Crippen molar-refractivity contribution in [2.75, 3.05) is 13.1 Å². The van der Waals surface area contributed by atoms with Crippen molar-refractivity contribution >= 4 is 5.91 Å². The van der Waals surface area contributed by atoms with Crippen LogP contribution in [0.5, 0.6) is 0 Å². The minimum absolute atomic E-state index is 0.0228. The number of pyridine rings is 1. The Morgan fingerprint density at radius 3 is 2.57 bits per heavy atom. The fourth-order valence-electron chi connectivity index (χ4n) is 3.66. The number of halogens is 1. The molecule has 0 bridgehead atoms. The lowest BCUT2D eigenvalue weighted by molar-refractivity contribution is 0.0764. The van der Waals surface area contributed by atoms with Gasteiger partial charge in [0.05, 0.1) is 6.10 Å². The maximum Gasteiger partial charge on any atom is 0.253 e. The molecule has 0 unspecified atom stereocenters. The summed E-state index contributed by atoms with van der Waals surface area (Å²) in [5.74, 6) is -0.415. The van der Waals surface area contributed by atoms with Crippen molar-refractivity contribution in [3.63, 3.8) is 0 Å². The Bertz CT molecular complexity index is 960. The fraction of sp³-hybridized carbons (Fsp3) is 0.217. The van der Waals surface area contributed by atoms with E-state index in [2.05, 4.69) is 4.98 Å². The van der Waals surface area contributed by atoms with Gasteiger partial charge in [-0.25, -0.2) is 4.39 Å². The molecule has 1 aromatic heterocycles. The molecule has 5 heteroatoms. The molecule has 4 rings (SSSR count). The Labute approximate surface area is 163 Å². The van der Waals surface area contributed by atoms with E-state index in [4.69, 9.17) is 0 Å². The number of likely N-dealkylation sites (tertiary alicyclic amines) is 1. The minimum Gasteiger partial charge on any atom is -0.391 e. The molecule has 142 valence electrons. The molecule has 4 nitrogen and oxygen atoms in total. The Balaban J connectivity index is 1.44. The highest BCUT2D eigenvalue weighted by Crippen LogP contribution is 2.24. The highest BCUT2D eigenvalue weighted by Gasteiger charge is 2.34. The largest absolute Gasteiger partial charge is 0.391 e. The number of benzene rings is 2. The highest BCUT2D eigenvalue weighted by molar-refractivity contribution is 5.95. The van der Waals surface area contributed by atoms with Gasteiger partial charge in [0.25, 0.3) is 5.91 Å². The number of aromatic nitrogens is 1. The van der Waals surface area contributed by atoms with Gasteiger partial charge in [-0.05, 0) is 53.9 Å². The molecule has 0 spiro atoms. The van der Waals surface area contributed by atoms with Crippen LogP contribution in [0, 0.1) is 11.7 Å². The van der Waals surface area contributed by atoms with Crippen LogP contribution in [0.15, 0.2) is 72.9 Å². The van der Waals surface area contributed by atoms with E-state index in [0.717, 1.165) is 16.8 Å². The summed E-state index contributed by atoms with van der Waals surface area (Å²) < 4.78 is 13.4. The first kappa shape index (κ1) is 18.3. The summed E-state index contributed by atoms with van der Waals surface area (Å²) in [7, 11) is 0. The average Bonchev–Trinajstić information content (AvgIpc) is 3.08. The Hall–Kier alpha value is -3.05. The third kappa shape index (κ3) is 3.94. The monoisotopic (exact) mass is 376 g/mol. The second kappa shape index (κ2) is 7.90. The Kier molecular flexibility index (Phi) is 5.17. The summed E-state index contributed by atoms with van der Waals surface area (Å²) in [4.78, 5) is 18.8. The summed E-state index contributed by atoms with van der Waals surface area (Å²) in [6.45, 7) is 0.824.